The lowest BCUT2D eigenvalue weighted by molar-refractivity contribution is -0.120. The summed E-state index contributed by atoms with van der Waals surface area (Å²) in [6, 6.07) is 1.23. The van der Waals surface area contributed by atoms with Crippen LogP contribution < -0.4 is 10.6 Å². The van der Waals surface area contributed by atoms with Gasteiger partial charge in [-0.3, -0.25) is 4.79 Å². The summed E-state index contributed by atoms with van der Waals surface area (Å²) in [5.41, 5.74) is 0. The van der Waals surface area contributed by atoms with Crippen LogP contribution in [0.1, 0.15) is 33.1 Å². The molecule has 1 amide bonds. The Hall–Kier alpha value is -0.610. The van der Waals surface area contributed by atoms with Gasteiger partial charge in [-0.15, -0.1) is 0 Å². The minimum absolute atomic E-state index is 0.149. The molecule has 16 heavy (non-hydrogen) atoms. The van der Waals surface area contributed by atoms with Gasteiger partial charge in [0.05, 0.1) is 0 Å². The van der Waals surface area contributed by atoms with Gasteiger partial charge in [0, 0.05) is 31.6 Å². The van der Waals surface area contributed by atoms with Gasteiger partial charge in [0.2, 0.25) is 5.91 Å². The summed E-state index contributed by atoms with van der Waals surface area (Å²) >= 11 is 0. The highest BCUT2D eigenvalue weighted by Gasteiger charge is 2.21. The second-order valence-electron chi connectivity index (χ2n) is 4.71. The highest BCUT2D eigenvalue weighted by atomic mass is 16.1. The molecule has 4 heteroatoms. The summed E-state index contributed by atoms with van der Waals surface area (Å²) in [6.45, 7) is 6.89. The Morgan fingerprint density at radius 3 is 2.88 bits per heavy atom. The minimum atomic E-state index is 0.149. The molecular formula is C12H25N3O. The average molecular weight is 227 g/mol. The maximum Gasteiger partial charge on any atom is 0.221 e. The van der Waals surface area contributed by atoms with Crippen molar-refractivity contribution >= 4 is 5.91 Å². The van der Waals surface area contributed by atoms with E-state index in [4.69, 9.17) is 0 Å². The number of carbonyl (C=O) groups excluding carboxylic acids is 1. The molecule has 0 spiro atoms. The first-order chi connectivity index (χ1) is 7.63. The Balaban J connectivity index is 2.12. The molecule has 0 aliphatic carbocycles. The van der Waals surface area contributed by atoms with E-state index in [-0.39, 0.29) is 5.91 Å². The fraction of sp³-hybridized carbons (Fsp3) is 0.917. The minimum Gasteiger partial charge on any atom is -0.356 e. The van der Waals surface area contributed by atoms with Crippen molar-refractivity contribution in [3.05, 3.63) is 0 Å². The van der Waals surface area contributed by atoms with Crippen molar-refractivity contribution in [1.82, 2.24) is 15.5 Å². The summed E-state index contributed by atoms with van der Waals surface area (Å²) in [7, 11) is 2.18. The third kappa shape index (κ3) is 4.49. The van der Waals surface area contributed by atoms with E-state index in [0.717, 1.165) is 19.6 Å². The molecule has 2 N–H and O–H groups in total. The van der Waals surface area contributed by atoms with Crippen molar-refractivity contribution < 1.29 is 4.79 Å². The number of nitrogens with one attached hydrogen (secondary N) is 2. The van der Waals surface area contributed by atoms with E-state index >= 15 is 0 Å². The Bertz CT molecular complexity index is 220. The quantitative estimate of drug-likeness (QED) is 0.722. The molecule has 4 nitrogen and oxygen atoms in total. The van der Waals surface area contributed by atoms with Crippen molar-refractivity contribution in [3.8, 4) is 0 Å². The first-order valence-corrected chi connectivity index (χ1v) is 6.33. The van der Waals surface area contributed by atoms with Crippen molar-refractivity contribution in [2.75, 3.05) is 26.7 Å². The highest BCUT2D eigenvalue weighted by molar-refractivity contribution is 5.75. The van der Waals surface area contributed by atoms with Crippen LogP contribution in [0.4, 0.5) is 0 Å². The molecule has 2 unspecified atom stereocenters. The molecule has 0 bridgehead atoms. The maximum absolute atomic E-state index is 11.2. The van der Waals surface area contributed by atoms with Crippen LogP contribution in [0.2, 0.25) is 0 Å². The normalized spacial score (nSPS) is 26.7. The molecule has 1 fully saturated rings. The fourth-order valence-corrected chi connectivity index (χ4v) is 2.15. The highest BCUT2D eigenvalue weighted by Crippen LogP contribution is 2.14. The summed E-state index contributed by atoms with van der Waals surface area (Å²) in [4.78, 5) is 13.6. The maximum atomic E-state index is 11.2. The molecule has 1 saturated heterocycles. The van der Waals surface area contributed by atoms with Crippen LogP contribution >= 0.6 is 0 Å². The molecule has 1 aliphatic rings. The Morgan fingerprint density at radius 1 is 1.50 bits per heavy atom. The van der Waals surface area contributed by atoms with Crippen LogP contribution in [-0.2, 0) is 4.79 Å². The van der Waals surface area contributed by atoms with Gasteiger partial charge < -0.3 is 15.5 Å². The molecule has 0 saturated carbocycles. The zero-order valence-corrected chi connectivity index (χ0v) is 10.8. The number of piperidine rings is 1. The smallest absolute Gasteiger partial charge is 0.221 e. The van der Waals surface area contributed by atoms with Crippen molar-refractivity contribution in [1.29, 1.82) is 0 Å². The van der Waals surface area contributed by atoms with E-state index in [1.54, 1.807) is 0 Å². The van der Waals surface area contributed by atoms with Crippen LogP contribution in [0.3, 0.4) is 0 Å². The largest absolute Gasteiger partial charge is 0.356 e. The molecule has 0 aromatic heterocycles. The van der Waals surface area contributed by atoms with Crippen molar-refractivity contribution in [2.24, 2.45) is 0 Å². The summed E-state index contributed by atoms with van der Waals surface area (Å²) in [6.07, 6.45) is 2.97. The van der Waals surface area contributed by atoms with Crippen molar-refractivity contribution in [3.63, 3.8) is 0 Å². The second kappa shape index (κ2) is 6.86. The number of hydrogen-bond acceptors (Lipinski definition) is 3. The van der Waals surface area contributed by atoms with Gasteiger partial charge in [0.1, 0.15) is 0 Å². The number of nitrogens with zero attached hydrogens (tertiary/aromatic N) is 1. The van der Waals surface area contributed by atoms with Gasteiger partial charge in [-0.2, -0.15) is 0 Å². The number of amides is 1. The SMILES string of the molecule is CCNC(=O)CCNC1CCN(C)C(C)C1. The van der Waals surface area contributed by atoms with E-state index < -0.39 is 0 Å². The molecule has 0 aromatic rings. The average Bonchev–Trinajstić information content (AvgIpc) is 2.24. The van der Waals surface area contributed by atoms with Crippen LogP contribution in [0, 0.1) is 0 Å². The molecule has 1 rings (SSSR count). The number of carbonyl (C=O) groups is 1. The van der Waals surface area contributed by atoms with E-state index in [2.05, 4.69) is 29.5 Å². The first kappa shape index (κ1) is 13.5. The number of hydrogen-bond donors (Lipinski definition) is 2. The molecular weight excluding hydrogens is 202 g/mol. The van der Waals surface area contributed by atoms with Gasteiger partial charge in [0.25, 0.3) is 0 Å². The van der Waals surface area contributed by atoms with E-state index in [0.29, 0.717) is 18.5 Å². The number of likely N-dealkylation sites (tertiary alicyclic amines) is 1. The van der Waals surface area contributed by atoms with E-state index in [1.807, 2.05) is 6.92 Å². The Morgan fingerprint density at radius 2 is 2.25 bits per heavy atom. The Kier molecular flexibility index (Phi) is 5.77. The van der Waals surface area contributed by atoms with Crippen LogP contribution in [-0.4, -0.2) is 49.6 Å². The summed E-state index contributed by atoms with van der Waals surface area (Å²) in [5.74, 6) is 0.149. The van der Waals surface area contributed by atoms with Gasteiger partial charge in [0.15, 0.2) is 0 Å². The first-order valence-electron chi connectivity index (χ1n) is 6.33. The van der Waals surface area contributed by atoms with Gasteiger partial charge >= 0.3 is 0 Å². The predicted octanol–water partition coefficient (Wildman–Crippen LogP) is 0.585. The standard InChI is InChI=1S/C12H25N3O/c1-4-13-12(16)5-7-14-11-6-8-15(3)10(2)9-11/h10-11,14H,4-9H2,1-3H3,(H,13,16). The molecule has 94 valence electrons. The van der Waals surface area contributed by atoms with Gasteiger partial charge in [-0.1, -0.05) is 0 Å². The molecule has 1 heterocycles. The molecule has 0 aromatic carbocycles. The summed E-state index contributed by atoms with van der Waals surface area (Å²) in [5, 5.41) is 6.29. The summed E-state index contributed by atoms with van der Waals surface area (Å²) < 4.78 is 0. The van der Waals surface area contributed by atoms with Crippen LogP contribution in [0.15, 0.2) is 0 Å². The zero-order chi connectivity index (χ0) is 12.0. The van der Waals surface area contributed by atoms with E-state index in [9.17, 15) is 4.79 Å². The fourth-order valence-electron chi connectivity index (χ4n) is 2.15. The third-order valence-corrected chi connectivity index (χ3v) is 3.37. The lowest BCUT2D eigenvalue weighted by Crippen LogP contribution is -2.46. The monoisotopic (exact) mass is 227 g/mol. The lowest BCUT2D eigenvalue weighted by Gasteiger charge is -2.35. The molecule has 0 radical (unpaired) electrons. The van der Waals surface area contributed by atoms with Crippen molar-refractivity contribution in [2.45, 2.75) is 45.2 Å². The second-order valence-corrected chi connectivity index (χ2v) is 4.71. The van der Waals surface area contributed by atoms with Gasteiger partial charge in [-0.25, -0.2) is 0 Å². The topological polar surface area (TPSA) is 44.4 Å². The van der Waals surface area contributed by atoms with Gasteiger partial charge in [-0.05, 0) is 40.3 Å². The number of rotatable bonds is 5. The van der Waals surface area contributed by atoms with Crippen LogP contribution in [0.25, 0.3) is 0 Å². The zero-order valence-electron chi connectivity index (χ0n) is 10.8. The third-order valence-electron chi connectivity index (χ3n) is 3.37. The molecule has 1 aliphatic heterocycles. The lowest BCUT2D eigenvalue weighted by atomic mass is 9.99. The molecule has 2 atom stereocenters. The predicted molar refractivity (Wildman–Crippen MR) is 66.4 cm³/mol. The van der Waals surface area contributed by atoms with E-state index in [1.165, 1.54) is 12.8 Å². The Labute approximate surface area is 98.8 Å². The van der Waals surface area contributed by atoms with Crippen LogP contribution in [0.5, 0.6) is 0 Å².